The van der Waals surface area contributed by atoms with Crippen molar-refractivity contribution in [2.24, 2.45) is 0 Å². The van der Waals surface area contributed by atoms with Gasteiger partial charge in [0.15, 0.2) is 0 Å². The SMILES string of the molecule is Cc1nnc2n1NC(c1ccc(Cl)cc1)C(C(=O)NCc1ccco1)S2. The van der Waals surface area contributed by atoms with E-state index < -0.39 is 5.25 Å². The fraction of sp³-hybridized carbons (Fsp3) is 0.235. The maximum Gasteiger partial charge on any atom is 0.236 e. The Morgan fingerprint density at radius 2 is 2.15 bits per heavy atom. The van der Waals surface area contributed by atoms with Gasteiger partial charge in [0.2, 0.25) is 11.1 Å². The van der Waals surface area contributed by atoms with E-state index >= 15 is 0 Å². The molecule has 9 heteroatoms. The quantitative estimate of drug-likeness (QED) is 0.713. The van der Waals surface area contributed by atoms with Crippen molar-refractivity contribution < 1.29 is 9.21 Å². The minimum atomic E-state index is -0.415. The fourth-order valence-electron chi connectivity index (χ4n) is 2.77. The van der Waals surface area contributed by atoms with Crippen molar-refractivity contribution in [3.63, 3.8) is 0 Å². The number of aryl methyl sites for hydroxylation is 1. The number of benzene rings is 1. The molecule has 3 aromatic rings. The number of hydrogen-bond acceptors (Lipinski definition) is 6. The van der Waals surface area contributed by atoms with Gasteiger partial charge in [0.25, 0.3) is 0 Å². The molecule has 4 rings (SSSR count). The third-order valence-corrected chi connectivity index (χ3v) is 5.57. The van der Waals surface area contributed by atoms with Crippen molar-refractivity contribution >= 4 is 29.3 Å². The molecule has 7 nitrogen and oxygen atoms in total. The molecule has 2 atom stereocenters. The lowest BCUT2D eigenvalue weighted by molar-refractivity contribution is -0.121. The van der Waals surface area contributed by atoms with Crippen LogP contribution in [0.3, 0.4) is 0 Å². The van der Waals surface area contributed by atoms with Gasteiger partial charge in [-0.1, -0.05) is 35.5 Å². The zero-order valence-corrected chi connectivity index (χ0v) is 15.4. The number of carbonyl (C=O) groups is 1. The summed E-state index contributed by atoms with van der Waals surface area (Å²) in [5.41, 5.74) is 4.31. The van der Waals surface area contributed by atoms with Crippen molar-refractivity contribution in [2.75, 3.05) is 5.43 Å². The van der Waals surface area contributed by atoms with Crippen LogP contribution in [-0.2, 0) is 11.3 Å². The van der Waals surface area contributed by atoms with Gasteiger partial charge < -0.3 is 15.2 Å². The van der Waals surface area contributed by atoms with E-state index in [2.05, 4.69) is 20.9 Å². The van der Waals surface area contributed by atoms with Crippen molar-refractivity contribution in [3.05, 3.63) is 64.8 Å². The number of nitrogens with one attached hydrogen (secondary N) is 2. The molecule has 1 aliphatic heterocycles. The summed E-state index contributed by atoms with van der Waals surface area (Å²) < 4.78 is 7.08. The molecule has 0 spiro atoms. The zero-order chi connectivity index (χ0) is 18.1. The second-order valence-corrected chi connectivity index (χ2v) is 7.40. The Bertz CT molecular complexity index is 910. The normalized spacial score (nSPS) is 18.8. The third-order valence-electron chi connectivity index (χ3n) is 4.10. The summed E-state index contributed by atoms with van der Waals surface area (Å²) >= 11 is 7.39. The molecule has 0 aliphatic carbocycles. The van der Waals surface area contributed by atoms with Crippen molar-refractivity contribution in [1.29, 1.82) is 0 Å². The number of halogens is 1. The molecule has 1 amide bonds. The van der Waals surface area contributed by atoms with Gasteiger partial charge in [0, 0.05) is 5.02 Å². The number of carbonyl (C=O) groups excluding carboxylic acids is 1. The monoisotopic (exact) mass is 389 g/mol. The summed E-state index contributed by atoms with van der Waals surface area (Å²) in [6, 6.07) is 10.8. The lowest BCUT2D eigenvalue weighted by Crippen LogP contribution is -2.43. The van der Waals surface area contributed by atoms with Gasteiger partial charge in [-0.3, -0.25) is 4.79 Å². The predicted molar refractivity (Wildman–Crippen MR) is 98.5 cm³/mol. The first-order valence-corrected chi connectivity index (χ1v) is 9.28. The van der Waals surface area contributed by atoms with E-state index in [0.29, 0.717) is 22.5 Å². The van der Waals surface area contributed by atoms with Crippen LogP contribution in [-0.4, -0.2) is 26.0 Å². The van der Waals surface area contributed by atoms with Crippen LogP contribution in [0.4, 0.5) is 0 Å². The van der Waals surface area contributed by atoms with Gasteiger partial charge in [-0.25, -0.2) is 4.68 Å². The van der Waals surface area contributed by atoms with Gasteiger partial charge in [-0.15, -0.1) is 10.2 Å². The summed E-state index contributed by atoms with van der Waals surface area (Å²) in [6.07, 6.45) is 1.58. The van der Waals surface area contributed by atoms with Crippen LogP contribution in [0.5, 0.6) is 0 Å². The van der Waals surface area contributed by atoms with Crippen molar-refractivity contribution in [3.8, 4) is 0 Å². The zero-order valence-electron chi connectivity index (χ0n) is 13.8. The molecular weight excluding hydrogens is 374 g/mol. The highest BCUT2D eigenvalue weighted by atomic mass is 35.5. The first kappa shape index (κ1) is 17.0. The van der Waals surface area contributed by atoms with E-state index in [0.717, 1.165) is 11.4 Å². The Kier molecular flexibility index (Phi) is 4.60. The highest BCUT2D eigenvalue weighted by molar-refractivity contribution is 8.00. The van der Waals surface area contributed by atoms with Crippen LogP contribution in [0.15, 0.2) is 52.2 Å². The first-order valence-electron chi connectivity index (χ1n) is 8.02. The molecule has 2 N–H and O–H groups in total. The molecule has 0 radical (unpaired) electrons. The number of amides is 1. The molecule has 0 bridgehead atoms. The number of furan rings is 1. The van der Waals surface area contributed by atoms with Gasteiger partial charge in [0.1, 0.15) is 16.8 Å². The van der Waals surface area contributed by atoms with Gasteiger partial charge in [0.05, 0.1) is 18.8 Å². The van der Waals surface area contributed by atoms with Crippen LogP contribution in [0.2, 0.25) is 5.02 Å². The highest BCUT2D eigenvalue weighted by Crippen LogP contribution is 2.37. The molecule has 2 aromatic heterocycles. The summed E-state index contributed by atoms with van der Waals surface area (Å²) in [5, 5.41) is 12.0. The van der Waals surface area contributed by atoms with E-state index in [1.807, 2.05) is 37.3 Å². The number of aromatic nitrogens is 3. The Hall–Kier alpha value is -2.45. The molecule has 3 heterocycles. The molecule has 2 unspecified atom stereocenters. The van der Waals surface area contributed by atoms with Crippen LogP contribution in [0, 0.1) is 6.92 Å². The van der Waals surface area contributed by atoms with E-state index in [1.165, 1.54) is 11.8 Å². The summed E-state index contributed by atoms with van der Waals surface area (Å²) in [4.78, 5) is 12.9. The largest absolute Gasteiger partial charge is 0.467 e. The average Bonchev–Trinajstić information content (AvgIpc) is 3.29. The summed E-state index contributed by atoms with van der Waals surface area (Å²) in [7, 11) is 0. The van der Waals surface area contributed by atoms with E-state index in [4.69, 9.17) is 16.0 Å². The minimum Gasteiger partial charge on any atom is -0.467 e. The van der Waals surface area contributed by atoms with Crippen molar-refractivity contribution in [1.82, 2.24) is 20.2 Å². The summed E-state index contributed by atoms with van der Waals surface area (Å²) in [5.74, 6) is 1.33. The maximum absolute atomic E-state index is 12.9. The molecular formula is C17H16ClN5O2S. The van der Waals surface area contributed by atoms with Crippen LogP contribution < -0.4 is 10.7 Å². The lowest BCUT2D eigenvalue weighted by atomic mass is 10.0. The molecule has 0 saturated heterocycles. The highest BCUT2D eigenvalue weighted by Gasteiger charge is 2.37. The topological polar surface area (TPSA) is 85.0 Å². The van der Waals surface area contributed by atoms with Gasteiger partial charge in [-0.05, 0) is 36.8 Å². The van der Waals surface area contributed by atoms with Crippen LogP contribution in [0.25, 0.3) is 0 Å². The molecule has 1 aromatic carbocycles. The lowest BCUT2D eigenvalue weighted by Gasteiger charge is -2.32. The second-order valence-electron chi connectivity index (χ2n) is 5.86. The first-order chi connectivity index (χ1) is 12.6. The average molecular weight is 390 g/mol. The Balaban J connectivity index is 1.60. The Morgan fingerprint density at radius 1 is 1.35 bits per heavy atom. The van der Waals surface area contributed by atoms with E-state index in [-0.39, 0.29) is 11.9 Å². The number of hydrogen-bond donors (Lipinski definition) is 2. The van der Waals surface area contributed by atoms with E-state index in [9.17, 15) is 4.79 Å². The number of fused-ring (bicyclic) bond motifs is 1. The standard InChI is InChI=1S/C17H16ClN5O2S/c1-10-20-21-17-23(10)22-14(11-4-6-12(18)7-5-11)15(26-17)16(24)19-9-13-3-2-8-25-13/h2-8,14-15,22H,9H2,1H3,(H,19,24). The third kappa shape index (κ3) is 3.30. The molecule has 0 saturated carbocycles. The number of nitrogens with zero attached hydrogens (tertiary/aromatic N) is 3. The molecule has 0 fully saturated rings. The van der Waals surface area contributed by atoms with Gasteiger partial charge >= 0.3 is 0 Å². The van der Waals surface area contributed by atoms with Crippen molar-refractivity contribution in [2.45, 2.75) is 29.9 Å². The smallest absolute Gasteiger partial charge is 0.236 e. The fourth-order valence-corrected chi connectivity index (χ4v) is 4.04. The Morgan fingerprint density at radius 3 is 2.88 bits per heavy atom. The number of rotatable bonds is 4. The molecule has 1 aliphatic rings. The molecule has 134 valence electrons. The van der Waals surface area contributed by atoms with Gasteiger partial charge in [-0.2, -0.15) is 0 Å². The maximum atomic E-state index is 12.9. The summed E-state index contributed by atoms with van der Waals surface area (Å²) in [6.45, 7) is 2.20. The van der Waals surface area contributed by atoms with Crippen LogP contribution in [0.1, 0.15) is 23.2 Å². The molecule has 26 heavy (non-hydrogen) atoms. The van der Waals surface area contributed by atoms with Crippen LogP contribution >= 0.6 is 23.4 Å². The Labute approximate surface area is 159 Å². The second kappa shape index (κ2) is 7.05. The predicted octanol–water partition coefficient (Wildman–Crippen LogP) is 2.91. The number of thioether (sulfide) groups is 1. The minimum absolute atomic E-state index is 0.106. The van der Waals surface area contributed by atoms with E-state index in [1.54, 1.807) is 17.0 Å².